The first-order valence-corrected chi connectivity index (χ1v) is 12.6. The Balaban J connectivity index is 1.69. The fraction of sp³-hybridized carbons (Fsp3) is 0.103. The van der Waals surface area contributed by atoms with E-state index >= 15 is 0 Å². The van der Waals surface area contributed by atoms with Crippen molar-refractivity contribution in [1.82, 2.24) is 0 Å². The van der Waals surface area contributed by atoms with E-state index in [-0.39, 0.29) is 0 Å². The Morgan fingerprint density at radius 3 is 1.30 bits per heavy atom. The Bertz CT molecular complexity index is 942. The van der Waals surface area contributed by atoms with Crippen molar-refractivity contribution in [3.63, 3.8) is 0 Å². The summed E-state index contributed by atoms with van der Waals surface area (Å²) in [6.07, 6.45) is 7.99. The Labute approximate surface area is 181 Å². The molecular weight excluding hydrogens is 379 g/mol. The van der Waals surface area contributed by atoms with Crippen LogP contribution in [0.3, 0.4) is 0 Å². The van der Waals surface area contributed by atoms with Crippen LogP contribution < -0.4 is 15.9 Å². The first-order chi connectivity index (χ1) is 14.9. The van der Waals surface area contributed by atoms with E-state index < -0.39 is 7.26 Å². The van der Waals surface area contributed by atoms with Gasteiger partial charge in [-0.25, -0.2) is 0 Å². The second kappa shape index (κ2) is 10.2. The van der Waals surface area contributed by atoms with E-state index in [0.717, 1.165) is 19.0 Å². The van der Waals surface area contributed by atoms with Crippen molar-refractivity contribution in [2.75, 3.05) is 6.16 Å². The molecule has 0 saturated carbocycles. The molecule has 30 heavy (non-hydrogen) atoms. The molecular formula is C29H28P+. The zero-order valence-corrected chi connectivity index (χ0v) is 18.2. The first-order valence-electron chi connectivity index (χ1n) is 10.6. The normalized spacial score (nSPS) is 11.6. The van der Waals surface area contributed by atoms with Crippen LogP contribution >= 0.6 is 7.26 Å². The predicted molar refractivity (Wildman–Crippen MR) is 134 cm³/mol. The lowest BCUT2D eigenvalue weighted by Gasteiger charge is -2.26. The molecule has 0 spiro atoms. The average molecular weight is 408 g/mol. The molecule has 0 amide bonds. The second-order valence-electron chi connectivity index (χ2n) is 7.49. The minimum atomic E-state index is -1.75. The molecule has 0 heterocycles. The van der Waals surface area contributed by atoms with Crippen LogP contribution in [0.5, 0.6) is 0 Å². The molecule has 0 radical (unpaired) electrons. The summed E-state index contributed by atoms with van der Waals surface area (Å²) in [6, 6.07) is 44.0. The van der Waals surface area contributed by atoms with E-state index in [1.54, 1.807) is 0 Å². The van der Waals surface area contributed by atoms with Gasteiger partial charge in [-0.3, -0.25) is 0 Å². The van der Waals surface area contributed by atoms with Crippen LogP contribution in [-0.4, -0.2) is 6.16 Å². The minimum absolute atomic E-state index is 1.04. The average Bonchev–Trinajstić information content (AvgIpc) is 2.84. The summed E-state index contributed by atoms with van der Waals surface area (Å²) in [5.41, 5.74) is 1.40. The molecule has 4 aromatic carbocycles. The number of hydrogen-bond donors (Lipinski definition) is 0. The fourth-order valence-corrected chi connectivity index (χ4v) is 8.09. The molecule has 1 heteroatoms. The Morgan fingerprint density at radius 2 is 0.867 bits per heavy atom. The maximum absolute atomic E-state index is 2.42. The minimum Gasteiger partial charge on any atom is -0.0846 e. The smallest absolute Gasteiger partial charge is 0.0846 e. The quantitative estimate of drug-likeness (QED) is 0.242. The lowest BCUT2D eigenvalue weighted by Crippen LogP contribution is -2.32. The standard InChI is InChI=1S/C29H28P/c1-6-16-26(17-7-1)18-8-5-15-25-30(27-19-9-2-10-20-27,28-21-11-3-12-22-28)29-23-13-4-14-24-29/h1-7,9-17,19-24H,8,18,25H2/q+1/b15-5-. The molecule has 0 aliphatic rings. The third-order valence-electron chi connectivity index (χ3n) is 5.58. The molecule has 4 rings (SSSR count). The topological polar surface area (TPSA) is 0 Å². The highest BCUT2D eigenvalue weighted by Gasteiger charge is 2.43. The van der Waals surface area contributed by atoms with Crippen LogP contribution in [-0.2, 0) is 6.42 Å². The van der Waals surface area contributed by atoms with Gasteiger partial charge in [-0.05, 0) is 54.8 Å². The summed E-state index contributed by atoms with van der Waals surface area (Å²) in [4.78, 5) is 0. The number of allylic oxidation sites excluding steroid dienone is 2. The molecule has 0 saturated heterocycles. The third kappa shape index (κ3) is 4.61. The molecule has 0 unspecified atom stereocenters. The van der Waals surface area contributed by atoms with Crippen LogP contribution in [0.4, 0.5) is 0 Å². The Morgan fingerprint density at radius 1 is 0.467 bits per heavy atom. The summed E-state index contributed by atoms with van der Waals surface area (Å²) >= 11 is 0. The molecule has 0 bridgehead atoms. The van der Waals surface area contributed by atoms with Gasteiger partial charge in [-0.2, -0.15) is 0 Å². The molecule has 0 N–H and O–H groups in total. The van der Waals surface area contributed by atoms with Gasteiger partial charge in [0, 0.05) is 0 Å². The van der Waals surface area contributed by atoms with Crippen LogP contribution in [0.2, 0.25) is 0 Å². The number of aryl methyl sites for hydroxylation is 1. The molecule has 0 atom stereocenters. The van der Waals surface area contributed by atoms with Gasteiger partial charge in [-0.15, -0.1) is 0 Å². The lowest BCUT2D eigenvalue weighted by molar-refractivity contribution is 1.000. The van der Waals surface area contributed by atoms with Gasteiger partial charge < -0.3 is 0 Å². The van der Waals surface area contributed by atoms with Crippen molar-refractivity contribution in [2.24, 2.45) is 0 Å². The zero-order valence-electron chi connectivity index (χ0n) is 17.3. The monoisotopic (exact) mass is 407 g/mol. The fourth-order valence-electron chi connectivity index (χ4n) is 4.06. The van der Waals surface area contributed by atoms with Gasteiger partial charge >= 0.3 is 0 Å². The Kier molecular flexibility index (Phi) is 6.91. The van der Waals surface area contributed by atoms with E-state index in [9.17, 15) is 0 Å². The highest BCUT2D eigenvalue weighted by atomic mass is 31.2. The van der Waals surface area contributed by atoms with Crippen LogP contribution in [0.1, 0.15) is 12.0 Å². The molecule has 148 valence electrons. The van der Waals surface area contributed by atoms with Gasteiger partial charge in [0.05, 0.1) is 6.16 Å². The van der Waals surface area contributed by atoms with Crippen LogP contribution in [0, 0.1) is 0 Å². The number of rotatable bonds is 8. The molecule has 4 aromatic rings. The van der Waals surface area contributed by atoms with Gasteiger partial charge in [0.2, 0.25) is 0 Å². The maximum atomic E-state index is 2.42. The van der Waals surface area contributed by atoms with E-state index in [2.05, 4.69) is 133 Å². The van der Waals surface area contributed by atoms with Crippen molar-refractivity contribution < 1.29 is 0 Å². The molecule has 0 nitrogen and oxygen atoms in total. The summed E-state index contributed by atoms with van der Waals surface area (Å²) in [7, 11) is -1.75. The summed E-state index contributed by atoms with van der Waals surface area (Å²) < 4.78 is 0. The van der Waals surface area contributed by atoms with Crippen molar-refractivity contribution >= 4 is 23.2 Å². The number of benzene rings is 4. The van der Waals surface area contributed by atoms with Gasteiger partial charge in [-0.1, -0.05) is 97.1 Å². The van der Waals surface area contributed by atoms with E-state index in [1.807, 2.05) is 0 Å². The second-order valence-corrected chi connectivity index (χ2v) is 11.0. The SMILES string of the molecule is C(=C/C[P+](c1ccccc1)(c1ccccc1)c1ccccc1)/CCc1ccccc1. The number of hydrogen-bond acceptors (Lipinski definition) is 0. The van der Waals surface area contributed by atoms with Crippen molar-refractivity contribution in [3.8, 4) is 0 Å². The molecule has 0 aromatic heterocycles. The zero-order chi connectivity index (χ0) is 20.5. The van der Waals surface area contributed by atoms with Gasteiger partial charge in [0.15, 0.2) is 0 Å². The van der Waals surface area contributed by atoms with Crippen LogP contribution in [0.25, 0.3) is 0 Å². The highest BCUT2D eigenvalue weighted by Crippen LogP contribution is 2.55. The summed E-state index contributed by atoms with van der Waals surface area (Å²) in [5, 5.41) is 4.32. The lowest BCUT2D eigenvalue weighted by atomic mass is 10.1. The largest absolute Gasteiger partial charge is 0.115 e. The van der Waals surface area contributed by atoms with Gasteiger partial charge in [0.25, 0.3) is 0 Å². The Hall–Kier alpha value is -2.95. The van der Waals surface area contributed by atoms with Crippen molar-refractivity contribution in [1.29, 1.82) is 0 Å². The third-order valence-corrected chi connectivity index (χ3v) is 9.88. The van der Waals surface area contributed by atoms with Crippen molar-refractivity contribution in [2.45, 2.75) is 12.8 Å². The first kappa shape index (κ1) is 20.3. The summed E-state index contributed by atoms with van der Waals surface area (Å²) in [5.74, 6) is 0. The maximum Gasteiger partial charge on any atom is 0.115 e. The van der Waals surface area contributed by atoms with E-state index in [1.165, 1.54) is 21.5 Å². The molecule has 0 aliphatic carbocycles. The van der Waals surface area contributed by atoms with Gasteiger partial charge in [0.1, 0.15) is 23.2 Å². The van der Waals surface area contributed by atoms with E-state index in [0.29, 0.717) is 0 Å². The van der Waals surface area contributed by atoms with Crippen LogP contribution in [0.15, 0.2) is 133 Å². The van der Waals surface area contributed by atoms with Crippen molar-refractivity contribution in [3.05, 3.63) is 139 Å². The van der Waals surface area contributed by atoms with E-state index in [4.69, 9.17) is 0 Å². The molecule has 0 fully saturated rings. The molecule has 0 aliphatic heterocycles. The highest BCUT2D eigenvalue weighted by molar-refractivity contribution is 7.95. The predicted octanol–water partition coefficient (Wildman–Crippen LogP) is 6.17. The summed E-state index contributed by atoms with van der Waals surface area (Å²) in [6.45, 7) is 0.